The summed E-state index contributed by atoms with van der Waals surface area (Å²) in [6, 6.07) is 71.7. The van der Waals surface area contributed by atoms with Gasteiger partial charge in [0, 0.05) is 34.0 Å². The van der Waals surface area contributed by atoms with Crippen LogP contribution in [0.25, 0.3) is 16.7 Å². The van der Waals surface area contributed by atoms with Crippen LogP contribution < -0.4 is 14.5 Å². The zero-order valence-corrected chi connectivity index (χ0v) is 45.4. The highest BCUT2D eigenvalue weighted by atomic mass is 16.5. The van der Waals surface area contributed by atoms with Crippen molar-refractivity contribution in [2.75, 3.05) is 9.80 Å². The monoisotopic (exact) mass is 967 g/mol. The van der Waals surface area contributed by atoms with Crippen LogP contribution in [0.2, 0.25) is 0 Å². The van der Waals surface area contributed by atoms with Crippen molar-refractivity contribution >= 4 is 34.0 Å². The molecule has 74 heavy (non-hydrogen) atoms. The summed E-state index contributed by atoms with van der Waals surface area (Å²) >= 11 is 0. The second-order valence-corrected chi connectivity index (χ2v) is 25.4. The lowest BCUT2D eigenvalue weighted by molar-refractivity contribution is 0.255. The second-order valence-electron chi connectivity index (χ2n) is 25.4. The minimum absolute atomic E-state index is 0.00822. The Kier molecular flexibility index (Phi) is 10.8. The number of hydrogen-bond donors (Lipinski definition) is 0. The third-order valence-electron chi connectivity index (χ3n) is 16.5. The Bertz CT molecular complexity index is 3380. The van der Waals surface area contributed by atoms with E-state index in [1.807, 2.05) is 0 Å². The Balaban J connectivity index is 1.15. The van der Waals surface area contributed by atoms with Crippen molar-refractivity contribution < 1.29 is 4.74 Å². The molecule has 3 aliphatic carbocycles. The molecular formula is C71H70N2O. The number of benzene rings is 8. The van der Waals surface area contributed by atoms with Crippen LogP contribution in [-0.2, 0) is 27.1 Å². The largest absolute Gasteiger partial charge is 0.483 e. The van der Waals surface area contributed by atoms with Crippen molar-refractivity contribution in [2.45, 2.75) is 122 Å². The topological polar surface area (TPSA) is 15.7 Å². The zero-order chi connectivity index (χ0) is 51.7. The first-order chi connectivity index (χ1) is 35.2. The third-order valence-corrected chi connectivity index (χ3v) is 16.5. The van der Waals surface area contributed by atoms with Gasteiger partial charge >= 0.3 is 0 Å². The number of nitrogens with zero attached hydrogens (tertiary/aromatic N) is 2. The summed E-state index contributed by atoms with van der Waals surface area (Å²) in [6.07, 6.45) is 2.26. The SMILES string of the molecule is CC(C)(C)c1ccc(N(C2=CC3=C(c4ccc(N(c5ccc(C(C)(C)C)cc5)c5ccc(C(C)(C)C)cc5)cc4C34c3ccccc3-c3ccccc34)C3c4ccccc4OC23)c2ccc(C(C)(C)C)cc2)cc1. The molecule has 3 nitrogen and oxygen atoms in total. The van der Waals surface area contributed by atoms with Gasteiger partial charge in [-0.15, -0.1) is 0 Å². The highest BCUT2D eigenvalue weighted by Crippen LogP contribution is 2.68. The molecule has 2 unspecified atom stereocenters. The van der Waals surface area contributed by atoms with Gasteiger partial charge < -0.3 is 14.5 Å². The summed E-state index contributed by atoms with van der Waals surface area (Å²) in [4.78, 5) is 4.98. The van der Waals surface area contributed by atoms with Crippen molar-refractivity contribution in [1.82, 2.24) is 0 Å². The first kappa shape index (κ1) is 47.6. The summed E-state index contributed by atoms with van der Waals surface area (Å²) < 4.78 is 7.41. The normalized spacial score (nSPS) is 17.2. The van der Waals surface area contributed by atoms with E-state index in [2.05, 4.69) is 287 Å². The number of ether oxygens (including phenoxy) is 1. The van der Waals surface area contributed by atoms with E-state index < -0.39 is 5.41 Å². The molecule has 8 aromatic rings. The molecule has 3 heteroatoms. The van der Waals surface area contributed by atoms with Gasteiger partial charge in [0.15, 0.2) is 0 Å². The lowest BCUT2D eigenvalue weighted by atomic mass is 9.67. The van der Waals surface area contributed by atoms with Gasteiger partial charge in [0.1, 0.15) is 11.9 Å². The standard InChI is InChI=1S/C71H70N2O/c1-67(2,3)45-25-33-49(34-26-45)72(50-35-27-46(28-36-50)68(4,5)6)53-41-42-56-60(43-53)71(58-22-16-13-19-54(58)55-20-14-17-23-59(55)71)61-44-62(66-65(64(56)61)57-21-15-18-24-63(57)74-66)73(51-37-29-47(30-38-51)69(7,8)9)52-39-31-48(32-40-52)70(10,11)12/h13-44,65-66H,1-12H3. The molecule has 0 fully saturated rings. The molecule has 2 atom stereocenters. The summed E-state index contributed by atoms with van der Waals surface area (Å²) in [7, 11) is 0. The first-order valence-corrected chi connectivity index (χ1v) is 26.8. The van der Waals surface area contributed by atoms with E-state index in [0.717, 1.165) is 39.9 Å². The molecule has 0 aromatic heterocycles. The van der Waals surface area contributed by atoms with Gasteiger partial charge in [0.25, 0.3) is 0 Å². The van der Waals surface area contributed by atoms with Crippen LogP contribution in [0.1, 0.15) is 139 Å². The first-order valence-electron chi connectivity index (χ1n) is 26.8. The van der Waals surface area contributed by atoms with Gasteiger partial charge in [-0.25, -0.2) is 0 Å². The minimum Gasteiger partial charge on any atom is -0.483 e. The Labute approximate surface area is 440 Å². The van der Waals surface area contributed by atoms with E-state index in [9.17, 15) is 0 Å². The molecule has 0 radical (unpaired) electrons. The molecule has 1 aliphatic heterocycles. The predicted molar refractivity (Wildman–Crippen MR) is 311 cm³/mol. The Morgan fingerprint density at radius 3 is 1.22 bits per heavy atom. The number of para-hydroxylation sites is 1. The lowest BCUT2D eigenvalue weighted by Crippen LogP contribution is -2.36. The average Bonchev–Trinajstić information content (AvgIpc) is 4.06. The molecule has 0 saturated carbocycles. The second kappa shape index (κ2) is 16.8. The molecule has 1 spiro atoms. The van der Waals surface area contributed by atoms with Crippen LogP contribution in [0.15, 0.2) is 205 Å². The molecular weight excluding hydrogens is 897 g/mol. The van der Waals surface area contributed by atoms with E-state index >= 15 is 0 Å². The van der Waals surface area contributed by atoms with E-state index in [1.54, 1.807) is 0 Å². The maximum absolute atomic E-state index is 7.41. The molecule has 0 bridgehead atoms. The molecule has 0 N–H and O–H groups in total. The zero-order valence-electron chi connectivity index (χ0n) is 45.4. The van der Waals surface area contributed by atoms with Crippen LogP contribution >= 0.6 is 0 Å². The van der Waals surface area contributed by atoms with Gasteiger partial charge in [0.05, 0.1) is 17.0 Å². The smallest absolute Gasteiger partial charge is 0.150 e. The lowest BCUT2D eigenvalue weighted by Gasteiger charge is -2.39. The molecule has 370 valence electrons. The van der Waals surface area contributed by atoms with E-state index in [4.69, 9.17) is 4.74 Å². The van der Waals surface area contributed by atoms with Crippen LogP contribution in [0.5, 0.6) is 5.75 Å². The Morgan fingerprint density at radius 1 is 0.378 bits per heavy atom. The number of anilines is 5. The quantitative estimate of drug-likeness (QED) is 0.165. The summed E-state index contributed by atoms with van der Waals surface area (Å²) in [5.74, 6) is 0.865. The van der Waals surface area contributed by atoms with Gasteiger partial charge in [-0.2, -0.15) is 0 Å². The Morgan fingerprint density at radius 2 is 0.770 bits per heavy atom. The fraction of sp³-hybridized carbons (Fsp3) is 0.268. The van der Waals surface area contributed by atoms with Gasteiger partial charge in [0.2, 0.25) is 0 Å². The van der Waals surface area contributed by atoms with Crippen LogP contribution in [0.4, 0.5) is 28.4 Å². The van der Waals surface area contributed by atoms with Crippen LogP contribution in [-0.4, -0.2) is 6.10 Å². The average molecular weight is 967 g/mol. The molecule has 8 aromatic carbocycles. The fourth-order valence-corrected chi connectivity index (χ4v) is 12.6. The molecule has 12 rings (SSSR count). The highest BCUT2D eigenvalue weighted by molar-refractivity contribution is 6.00. The number of rotatable bonds is 6. The summed E-state index contributed by atoms with van der Waals surface area (Å²) in [5, 5.41) is 0. The van der Waals surface area contributed by atoms with Crippen molar-refractivity contribution in [3.63, 3.8) is 0 Å². The Hall–Kier alpha value is -7.36. The van der Waals surface area contributed by atoms with Crippen molar-refractivity contribution in [2.24, 2.45) is 0 Å². The number of allylic oxidation sites excluding steroid dienone is 2. The number of fused-ring (bicyclic) bond motifs is 13. The molecule has 0 amide bonds. The summed E-state index contributed by atoms with van der Waals surface area (Å²) in [6.45, 7) is 27.5. The van der Waals surface area contributed by atoms with Crippen LogP contribution in [0.3, 0.4) is 0 Å². The van der Waals surface area contributed by atoms with E-state index in [-0.39, 0.29) is 33.7 Å². The molecule has 0 saturated heterocycles. The third kappa shape index (κ3) is 7.52. The predicted octanol–water partition coefficient (Wildman–Crippen LogP) is 18.7. The van der Waals surface area contributed by atoms with Crippen molar-refractivity contribution in [3.8, 4) is 16.9 Å². The fourth-order valence-electron chi connectivity index (χ4n) is 12.6. The molecule has 4 aliphatic rings. The highest BCUT2D eigenvalue weighted by Gasteiger charge is 2.58. The molecule has 1 heterocycles. The van der Waals surface area contributed by atoms with E-state index in [1.165, 1.54) is 72.3 Å². The maximum atomic E-state index is 7.41. The van der Waals surface area contributed by atoms with Gasteiger partial charge in [-0.05, 0) is 161 Å². The van der Waals surface area contributed by atoms with Crippen LogP contribution in [0, 0.1) is 0 Å². The van der Waals surface area contributed by atoms with Crippen molar-refractivity contribution in [3.05, 3.63) is 255 Å². The number of hydrogen-bond acceptors (Lipinski definition) is 3. The van der Waals surface area contributed by atoms with Gasteiger partial charge in [-0.3, -0.25) is 0 Å². The van der Waals surface area contributed by atoms with Gasteiger partial charge in [-0.1, -0.05) is 204 Å². The minimum atomic E-state index is -0.642. The summed E-state index contributed by atoms with van der Waals surface area (Å²) in [5.41, 5.74) is 23.1. The van der Waals surface area contributed by atoms with Crippen molar-refractivity contribution in [1.29, 1.82) is 0 Å². The van der Waals surface area contributed by atoms with E-state index in [0.29, 0.717) is 0 Å². The maximum Gasteiger partial charge on any atom is 0.150 e.